The van der Waals surface area contributed by atoms with E-state index < -0.39 is 0 Å². The molecule has 1 N–H and O–H groups in total. The minimum absolute atomic E-state index is 0.203. The van der Waals surface area contributed by atoms with E-state index in [0.717, 1.165) is 30.0 Å². The summed E-state index contributed by atoms with van der Waals surface area (Å²) in [6, 6.07) is 14.5. The van der Waals surface area contributed by atoms with E-state index in [0.29, 0.717) is 6.54 Å². The van der Waals surface area contributed by atoms with E-state index in [4.69, 9.17) is 4.74 Å². The van der Waals surface area contributed by atoms with Gasteiger partial charge in [-0.05, 0) is 48.4 Å². The summed E-state index contributed by atoms with van der Waals surface area (Å²) in [5, 5.41) is 3.28. The first-order chi connectivity index (χ1) is 10.8. The monoisotopic (exact) mass is 301 g/mol. The van der Waals surface area contributed by atoms with Crippen molar-refractivity contribution in [1.82, 2.24) is 0 Å². The molecule has 3 heteroatoms. The largest absolute Gasteiger partial charge is 0.494 e. The normalized spacial score (nSPS) is 10.5. The smallest absolute Gasteiger partial charge is 0.123 e. The van der Waals surface area contributed by atoms with E-state index in [-0.39, 0.29) is 5.82 Å². The van der Waals surface area contributed by atoms with Crippen molar-refractivity contribution in [3.05, 3.63) is 59.9 Å². The molecule has 0 heterocycles. The average molecular weight is 301 g/mol. The molecule has 2 aromatic rings. The molecule has 0 amide bonds. The molecule has 118 valence electrons. The number of anilines is 1. The van der Waals surface area contributed by atoms with Crippen molar-refractivity contribution in [2.45, 2.75) is 39.2 Å². The summed E-state index contributed by atoms with van der Waals surface area (Å²) in [6.07, 6.45) is 4.84. The second-order valence-corrected chi connectivity index (χ2v) is 5.42. The van der Waals surface area contributed by atoms with Crippen molar-refractivity contribution >= 4 is 5.69 Å². The molecule has 2 aromatic carbocycles. The standard InChI is InChI=1S/C19H24FNO/c1-2-3-4-5-13-22-19-11-9-18(10-12-19)21-15-16-7-6-8-17(20)14-16/h6-12,14,21H,2-5,13,15H2,1H3. The molecule has 0 aliphatic carbocycles. The van der Waals surface area contributed by atoms with Crippen molar-refractivity contribution in [3.8, 4) is 5.75 Å². The van der Waals surface area contributed by atoms with Gasteiger partial charge >= 0.3 is 0 Å². The summed E-state index contributed by atoms with van der Waals surface area (Å²) in [5.74, 6) is 0.693. The Morgan fingerprint density at radius 2 is 1.82 bits per heavy atom. The van der Waals surface area contributed by atoms with Gasteiger partial charge in [-0.25, -0.2) is 4.39 Å². The average Bonchev–Trinajstić information content (AvgIpc) is 2.54. The van der Waals surface area contributed by atoms with Gasteiger partial charge in [0, 0.05) is 12.2 Å². The summed E-state index contributed by atoms with van der Waals surface area (Å²) < 4.78 is 18.8. The van der Waals surface area contributed by atoms with Crippen LogP contribution in [0.1, 0.15) is 38.2 Å². The Bertz CT molecular complexity index is 554. The van der Waals surface area contributed by atoms with Gasteiger partial charge in [-0.3, -0.25) is 0 Å². The van der Waals surface area contributed by atoms with Gasteiger partial charge in [0.2, 0.25) is 0 Å². The van der Waals surface area contributed by atoms with Gasteiger partial charge < -0.3 is 10.1 Å². The van der Waals surface area contributed by atoms with Crippen LogP contribution < -0.4 is 10.1 Å². The molecule has 0 aliphatic heterocycles. The molecule has 0 fully saturated rings. The molecule has 2 nitrogen and oxygen atoms in total. The minimum atomic E-state index is -0.203. The first kappa shape index (κ1) is 16.3. The highest BCUT2D eigenvalue weighted by molar-refractivity contribution is 5.46. The fraction of sp³-hybridized carbons (Fsp3) is 0.368. The molecule has 0 saturated heterocycles. The van der Waals surface area contributed by atoms with Crippen LogP contribution >= 0.6 is 0 Å². The first-order valence-electron chi connectivity index (χ1n) is 7.99. The molecule has 0 saturated carbocycles. The Kier molecular flexibility index (Phi) is 6.75. The van der Waals surface area contributed by atoms with Crippen LogP contribution in [-0.4, -0.2) is 6.61 Å². The second kappa shape index (κ2) is 9.08. The minimum Gasteiger partial charge on any atom is -0.494 e. The molecule has 0 atom stereocenters. The molecule has 0 aliphatic rings. The number of unbranched alkanes of at least 4 members (excludes halogenated alkanes) is 3. The zero-order valence-electron chi connectivity index (χ0n) is 13.1. The maximum atomic E-state index is 13.1. The number of rotatable bonds is 9. The molecule has 2 rings (SSSR count). The third-order valence-electron chi connectivity index (χ3n) is 3.51. The third-order valence-corrected chi connectivity index (χ3v) is 3.51. The molecule has 22 heavy (non-hydrogen) atoms. The number of hydrogen-bond donors (Lipinski definition) is 1. The summed E-state index contributed by atoms with van der Waals surface area (Å²) in [4.78, 5) is 0. The highest BCUT2D eigenvalue weighted by atomic mass is 19.1. The highest BCUT2D eigenvalue weighted by Crippen LogP contribution is 2.17. The first-order valence-corrected chi connectivity index (χ1v) is 7.99. The number of ether oxygens (including phenoxy) is 1. The Morgan fingerprint density at radius 1 is 1.00 bits per heavy atom. The van der Waals surface area contributed by atoms with Crippen LogP contribution in [-0.2, 0) is 6.54 Å². The van der Waals surface area contributed by atoms with Crippen LogP contribution in [0.3, 0.4) is 0 Å². The van der Waals surface area contributed by atoms with Crippen LogP contribution in [0.25, 0.3) is 0 Å². The van der Waals surface area contributed by atoms with Crippen LogP contribution in [0, 0.1) is 5.82 Å². The van der Waals surface area contributed by atoms with E-state index in [2.05, 4.69) is 12.2 Å². The van der Waals surface area contributed by atoms with Gasteiger partial charge in [-0.15, -0.1) is 0 Å². The van der Waals surface area contributed by atoms with Gasteiger partial charge in [-0.1, -0.05) is 38.3 Å². The van der Waals surface area contributed by atoms with Gasteiger partial charge in [0.25, 0.3) is 0 Å². The molecule has 0 aromatic heterocycles. The molecule has 0 radical (unpaired) electrons. The van der Waals surface area contributed by atoms with Crippen molar-refractivity contribution in [2.75, 3.05) is 11.9 Å². The topological polar surface area (TPSA) is 21.3 Å². The molecule has 0 unspecified atom stereocenters. The predicted molar refractivity (Wildman–Crippen MR) is 89.8 cm³/mol. The lowest BCUT2D eigenvalue weighted by molar-refractivity contribution is 0.305. The quantitative estimate of drug-likeness (QED) is 0.626. The number of benzene rings is 2. The molecule has 0 spiro atoms. The number of hydrogen-bond acceptors (Lipinski definition) is 2. The van der Waals surface area contributed by atoms with Crippen LogP contribution in [0.4, 0.5) is 10.1 Å². The lowest BCUT2D eigenvalue weighted by atomic mass is 10.2. The second-order valence-electron chi connectivity index (χ2n) is 5.42. The van der Waals surface area contributed by atoms with Gasteiger partial charge in [0.1, 0.15) is 11.6 Å². The summed E-state index contributed by atoms with van der Waals surface area (Å²) >= 11 is 0. The van der Waals surface area contributed by atoms with E-state index in [1.807, 2.05) is 30.3 Å². The fourth-order valence-corrected chi connectivity index (χ4v) is 2.24. The molecular formula is C19H24FNO. The maximum Gasteiger partial charge on any atom is 0.123 e. The Hall–Kier alpha value is -2.03. The summed E-state index contributed by atoms with van der Waals surface area (Å²) in [7, 11) is 0. The Labute approximate surface area is 132 Å². The van der Waals surface area contributed by atoms with Gasteiger partial charge in [-0.2, -0.15) is 0 Å². The lowest BCUT2D eigenvalue weighted by Crippen LogP contribution is -2.00. The fourth-order valence-electron chi connectivity index (χ4n) is 2.24. The van der Waals surface area contributed by atoms with E-state index >= 15 is 0 Å². The van der Waals surface area contributed by atoms with E-state index in [1.165, 1.54) is 25.3 Å². The maximum absolute atomic E-state index is 13.1. The zero-order valence-corrected chi connectivity index (χ0v) is 13.1. The van der Waals surface area contributed by atoms with Gasteiger partial charge in [0.15, 0.2) is 0 Å². The predicted octanol–water partition coefficient (Wildman–Crippen LogP) is 5.40. The van der Waals surface area contributed by atoms with Crippen molar-refractivity contribution < 1.29 is 9.13 Å². The Morgan fingerprint density at radius 3 is 2.55 bits per heavy atom. The molecule has 0 bridgehead atoms. The summed E-state index contributed by atoms with van der Waals surface area (Å²) in [6.45, 7) is 3.58. The zero-order chi connectivity index (χ0) is 15.6. The van der Waals surface area contributed by atoms with Crippen LogP contribution in [0.15, 0.2) is 48.5 Å². The summed E-state index contributed by atoms with van der Waals surface area (Å²) in [5.41, 5.74) is 1.93. The Balaban J connectivity index is 1.74. The number of nitrogens with one attached hydrogen (secondary N) is 1. The highest BCUT2D eigenvalue weighted by Gasteiger charge is 1.98. The lowest BCUT2D eigenvalue weighted by Gasteiger charge is -2.09. The van der Waals surface area contributed by atoms with Crippen molar-refractivity contribution in [1.29, 1.82) is 0 Å². The van der Waals surface area contributed by atoms with Crippen LogP contribution in [0.2, 0.25) is 0 Å². The third kappa shape index (κ3) is 5.76. The SMILES string of the molecule is CCCCCCOc1ccc(NCc2cccc(F)c2)cc1. The number of halogens is 1. The van der Waals surface area contributed by atoms with Crippen molar-refractivity contribution in [2.24, 2.45) is 0 Å². The van der Waals surface area contributed by atoms with E-state index in [9.17, 15) is 4.39 Å². The van der Waals surface area contributed by atoms with E-state index in [1.54, 1.807) is 12.1 Å². The van der Waals surface area contributed by atoms with Gasteiger partial charge in [0.05, 0.1) is 6.61 Å². The molecular weight excluding hydrogens is 277 g/mol. The van der Waals surface area contributed by atoms with Crippen molar-refractivity contribution in [3.63, 3.8) is 0 Å². The van der Waals surface area contributed by atoms with Crippen LogP contribution in [0.5, 0.6) is 5.75 Å².